The number of aryl methyl sites for hydroxylation is 1. The molecular weight excluding hydrogens is 410 g/mol. The lowest BCUT2D eigenvalue weighted by Crippen LogP contribution is -2.35. The average molecular weight is 444 g/mol. The number of carbonyl (C=O) groups is 1. The van der Waals surface area contributed by atoms with Crippen molar-refractivity contribution < 1.29 is 9.53 Å². The van der Waals surface area contributed by atoms with Gasteiger partial charge in [0.15, 0.2) is 5.16 Å². The number of nitrogens with zero attached hydrogens (tertiary/aromatic N) is 4. The third-order valence-corrected chi connectivity index (χ3v) is 7.35. The topological polar surface area (TPSA) is 72.3 Å². The van der Waals surface area contributed by atoms with Crippen molar-refractivity contribution in [3.63, 3.8) is 0 Å². The lowest BCUT2D eigenvalue weighted by atomic mass is 10.00. The SMILES string of the molecule is Cc1cccc(NC(=O)CSc2nnc(N3CCC(C)CC3)n2C[C@H]2CCCO2)c1C. The van der Waals surface area contributed by atoms with E-state index in [-0.39, 0.29) is 12.0 Å². The second kappa shape index (κ2) is 10.0. The molecule has 0 aliphatic carbocycles. The first kappa shape index (κ1) is 22.1. The highest BCUT2D eigenvalue weighted by Crippen LogP contribution is 2.28. The number of nitrogens with one attached hydrogen (secondary N) is 1. The second-order valence-electron chi connectivity index (χ2n) is 8.78. The van der Waals surface area contributed by atoms with Gasteiger partial charge in [0.1, 0.15) is 0 Å². The van der Waals surface area contributed by atoms with E-state index in [9.17, 15) is 4.79 Å². The van der Waals surface area contributed by atoms with E-state index in [2.05, 4.69) is 44.9 Å². The number of hydrogen-bond donors (Lipinski definition) is 1. The van der Waals surface area contributed by atoms with Crippen molar-refractivity contribution in [3.05, 3.63) is 29.3 Å². The van der Waals surface area contributed by atoms with Gasteiger partial charge in [0.05, 0.1) is 18.4 Å². The molecule has 1 amide bonds. The zero-order valence-corrected chi connectivity index (χ0v) is 19.6. The van der Waals surface area contributed by atoms with Crippen molar-refractivity contribution in [2.24, 2.45) is 5.92 Å². The largest absolute Gasteiger partial charge is 0.376 e. The van der Waals surface area contributed by atoms with Gasteiger partial charge in [-0.25, -0.2) is 0 Å². The summed E-state index contributed by atoms with van der Waals surface area (Å²) in [5.41, 5.74) is 3.14. The molecule has 2 aliphatic heterocycles. The number of aromatic nitrogens is 3. The van der Waals surface area contributed by atoms with E-state index in [1.54, 1.807) is 0 Å². The van der Waals surface area contributed by atoms with Crippen molar-refractivity contribution in [1.29, 1.82) is 0 Å². The Labute approximate surface area is 188 Å². The maximum atomic E-state index is 12.6. The maximum absolute atomic E-state index is 12.6. The van der Waals surface area contributed by atoms with E-state index in [1.165, 1.54) is 30.2 Å². The number of rotatable bonds is 7. The molecule has 7 nitrogen and oxygen atoms in total. The van der Waals surface area contributed by atoms with Crippen LogP contribution in [0.5, 0.6) is 0 Å². The molecule has 31 heavy (non-hydrogen) atoms. The normalized spacial score (nSPS) is 19.7. The molecule has 1 aromatic carbocycles. The van der Waals surface area contributed by atoms with Crippen LogP contribution in [0, 0.1) is 19.8 Å². The molecule has 2 saturated heterocycles. The van der Waals surface area contributed by atoms with Crippen LogP contribution in [0.4, 0.5) is 11.6 Å². The molecule has 4 rings (SSSR count). The van der Waals surface area contributed by atoms with Gasteiger partial charge in [-0.2, -0.15) is 0 Å². The Morgan fingerprint density at radius 2 is 2.03 bits per heavy atom. The molecule has 1 aromatic heterocycles. The number of amides is 1. The number of piperidine rings is 1. The molecule has 1 atom stereocenters. The molecular formula is C23H33N5O2S. The predicted molar refractivity (Wildman–Crippen MR) is 125 cm³/mol. The third kappa shape index (κ3) is 5.41. The molecule has 1 N–H and O–H groups in total. The van der Waals surface area contributed by atoms with Crippen molar-refractivity contribution in [3.8, 4) is 0 Å². The number of hydrogen-bond acceptors (Lipinski definition) is 6. The van der Waals surface area contributed by atoms with Crippen molar-refractivity contribution in [1.82, 2.24) is 14.8 Å². The van der Waals surface area contributed by atoms with E-state index in [0.717, 1.165) is 67.4 Å². The fourth-order valence-electron chi connectivity index (χ4n) is 4.18. The fourth-order valence-corrected chi connectivity index (χ4v) is 4.93. The van der Waals surface area contributed by atoms with Crippen LogP contribution < -0.4 is 10.2 Å². The first-order valence-electron chi connectivity index (χ1n) is 11.3. The van der Waals surface area contributed by atoms with E-state index >= 15 is 0 Å². The summed E-state index contributed by atoms with van der Waals surface area (Å²) in [6.45, 7) is 9.97. The Balaban J connectivity index is 1.45. The standard InChI is InChI=1S/C23H33N5O2S/c1-16-9-11-27(12-10-16)22-25-26-23(28(22)14-19-7-5-13-30-19)31-15-21(29)24-20-8-4-6-17(2)18(20)3/h4,6,8,16,19H,5,7,9-15H2,1-3H3,(H,24,29)/t19-/m1/s1. The molecule has 168 valence electrons. The molecule has 2 aromatic rings. The van der Waals surface area contributed by atoms with Gasteiger partial charge in [0.25, 0.3) is 0 Å². The minimum atomic E-state index is -0.0290. The third-order valence-electron chi connectivity index (χ3n) is 6.39. The van der Waals surface area contributed by atoms with Crippen LogP contribution in [0.25, 0.3) is 0 Å². The minimum absolute atomic E-state index is 0.0290. The zero-order valence-electron chi connectivity index (χ0n) is 18.8. The summed E-state index contributed by atoms with van der Waals surface area (Å²) in [6, 6.07) is 5.96. The van der Waals surface area contributed by atoms with Gasteiger partial charge < -0.3 is 15.0 Å². The number of benzene rings is 1. The molecule has 3 heterocycles. The average Bonchev–Trinajstić information content (AvgIpc) is 3.41. The van der Waals surface area contributed by atoms with Gasteiger partial charge in [0.2, 0.25) is 11.9 Å². The molecule has 0 spiro atoms. The highest BCUT2D eigenvalue weighted by Gasteiger charge is 2.26. The predicted octanol–water partition coefficient (Wildman–Crippen LogP) is 4.04. The van der Waals surface area contributed by atoms with E-state index in [0.29, 0.717) is 5.75 Å². The first-order chi connectivity index (χ1) is 15.0. The fraction of sp³-hybridized carbons (Fsp3) is 0.609. The van der Waals surface area contributed by atoms with Gasteiger partial charge in [0, 0.05) is 25.4 Å². The number of ether oxygens (including phenoxy) is 1. The van der Waals surface area contributed by atoms with Crippen LogP contribution in [0.1, 0.15) is 43.7 Å². The van der Waals surface area contributed by atoms with E-state index in [4.69, 9.17) is 4.74 Å². The van der Waals surface area contributed by atoms with Crippen LogP contribution >= 0.6 is 11.8 Å². The van der Waals surface area contributed by atoms with Crippen LogP contribution in [-0.4, -0.2) is 52.2 Å². The summed E-state index contributed by atoms with van der Waals surface area (Å²) in [5.74, 6) is 1.95. The van der Waals surface area contributed by atoms with Gasteiger partial charge in [-0.1, -0.05) is 30.8 Å². The molecule has 0 saturated carbocycles. The Morgan fingerprint density at radius 1 is 1.23 bits per heavy atom. The monoisotopic (exact) mass is 443 g/mol. The summed E-state index contributed by atoms with van der Waals surface area (Å²) >= 11 is 1.45. The lowest BCUT2D eigenvalue weighted by molar-refractivity contribution is -0.113. The summed E-state index contributed by atoms with van der Waals surface area (Å²) in [4.78, 5) is 15.0. The van der Waals surface area contributed by atoms with Gasteiger partial charge in [-0.05, 0) is 62.6 Å². The van der Waals surface area contributed by atoms with Crippen molar-refractivity contribution >= 4 is 29.3 Å². The molecule has 2 aliphatic rings. The Bertz CT molecular complexity index is 901. The minimum Gasteiger partial charge on any atom is -0.376 e. The van der Waals surface area contributed by atoms with Gasteiger partial charge >= 0.3 is 0 Å². The van der Waals surface area contributed by atoms with Crippen LogP contribution in [0.2, 0.25) is 0 Å². The number of thioether (sulfide) groups is 1. The van der Waals surface area contributed by atoms with Crippen molar-refractivity contribution in [2.45, 2.75) is 64.3 Å². The van der Waals surface area contributed by atoms with Crippen LogP contribution in [0.3, 0.4) is 0 Å². The molecule has 0 bridgehead atoms. The summed E-state index contributed by atoms with van der Waals surface area (Å²) in [5, 5.41) is 12.8. The van der Waals surface area contributed by atoms with Crippen molar-refractivity contribution in [2.75, 3.05) is 35.7 Å². The summed E-state index contributed by atoms with van der Waals surface area (Å²) in [7, 11) is 0. The first-order valence-corrected chi connectivity index (χ1v) is 12.3. The Morgan fingerprint density at radius 3 is 2.77 bits per heavy atom. The van der Waals surface area contributed by atoms with E-state index < -0.39 is 0 Å². The van der Waals surface area contributed by atoms with Crippen LogP contribution in [-0.2, 0) is 16.1 Å². The highest BCUT2D eigenvalue weighted by atomic mass is 32.2. The summed E-state index contributed by atoms with van der Waals surface area (Å²) < 4.78 is 8.05. The van der Waals surface area contributed by atoms with E-state index in [1.807, 2.05) is 19.1 Å². The maximum Gasteiger partial charge on any atom is 0.234 e. The Hall–Kier alpha value is -2.06. The quantitative estimate of drug-likeness (QED) is 0.651. The smallest absolute Gasteiger partial charge is 0.234 e. The zero-order chi connectivity index (χ0) is 21.8. The molecule has 0 radical (unpaired) electrons. The lowest BCUT2D eigenvalue weighted by Gasteiger charge is -2.31. The highest BCUT2D eigenvalue weighted by molar-refractivity contribution is 7.99. The van der Waals surface area contributed by atoms with Crippen LogP contribution in [0.15, 0.2) is 23.4 Å². The molecule has 2 fully saturated rings. The number of anilines is 2. The second-order valence-corrected chi connectivity index (χ2v) is 9.72. The van der Waals surface area contributed by atoms with Gasteiger partial charge in [-0.15, -0.1) is 10.2 Å². The van der Waals surface area contributed by atoms with Gasteiger partial charge in [-0.3, -0.25) is 9.36 Å². The summed E-state index contributed by atoms with van der Waals surface area (Å²) in [6.07, 6.45) is 4.71. The molecule has 0 unspecified atom stereocenters. The Kier molecular flexibility index (Phi) is 7.17. The number of carbonyl (C=O) groups excluding carboxylic acids is 1. The molecule has 8 heteroatoms.